The van der Waals surface area contributed by atoms with Crippen molar-refractivity contribution >= 4 is 5.97 Å². The predicted octanol–water partition coefficient (Wildman–Crippen LogP) is 1.60. The Bertz CT molecular complexity index is 232. The van der Waals surface area contributed by atoms with Gasteiger partial charge in [0.2, 0.25) is 0 Å². The van der Waals surface area contributed by atoms with E-state index in [0.29, 0.717) is 5.92 Å². The molecule has 0 aromatic rings. The highest BCUT2D eigenvalue weighted by atomic mass is 16.5. The van der Waals surface area contributed by atoms with Gasteiger partial charge in [0.25, 0.3) is 0 Å². The van der Waals surface area contributed by atoms with E-state index in [2.05, 4.69) is 11.8 Å². The summed E-state index contributed by atoms with van der Waals surface area (Å²) in [4.78, 5) is 13.0. The molecule has 0 aromatic carbocycles. The lowest BCUT2D eigenvalue weighted by molar-refractivity contribution is -0.139. The number of methoxy groups -OCH3 is 1. The standard InChI is InChI=1S/C12H23NO3/c1-4-10(7-12(14)15)13-6-5-9(2)11(8-13)16-3/h9-11H,4-8H2,1-3H3,(H,14,15). The number of hydrogen-bond acceptors (Lipinski definition) is 3. The van der Waals surface area contributed by atoms with Crippen LogP contribution in [0.3, 0.4) is 0 Å². The molecule has 1 heterocycles. The number of ether oxygens (including phenoxy) is 1. The summed E-state index contributed by atoms with van der Waals surface area (Å²) in [5.74, 6) is -0.136. The van der Waals surface area contributed by atoms with Gasteiger partial charge in [-0.25, -0.2) is 0 Å². The van der Waals surface area contributed by atoms with E-state index in [4.69, 9.17) is 9.84 Å². The third kappa shape index (κ3) is 3.46. The van der Waals surface area contributed by atoms with Crippen LogP contribution in [0.1, 0.15) is 33.1 Å². The van der Waals surface area contributed by atoms with Gasteiger partial charge in [0.05, 0.1) is 12.5 Å². The second-order valence-electron chi connectivity index (χ2n) is 4.69. The van der Waals surface area contributed by atoms with Crippen LogP contribution < -0.4 is 0 Å². The number of carboxylic acid groups (broad SMARTS) is 1. The van der Waals surface area contributed by atoms with Crippen molar-refractivity contribution in [1.82, 2.24) is 4.90 Å². The Balaban J connectivity index is 2.54. The monoisotopic (exact) mass is 229 g/mol. The molecule has 1 aliphatic heterocycles. The van der Waals surface area contributed by atoms with Crippen molar-refractivity contribution in [3.63, 3.8) is 0 Å². The number of piperidine rings is 1. The van der Waals surface area contributed by atoms with Gasteiger partial charge in [0.15, 0.2) is 0 Å². The van der Waals surface area contributed by atoms with E-state index in [1.54, 1.807) is 7.11 Å². The SMILES string of the molecule is CCC(CC(=O)O)N1CCC(C)C(OC)C1. The fraction of sp³-hybridized carbons (Fsp3) is 0.917. The van der Waals surface area contributed by atoms with Crippen LogP contribution >= 0.6 is 0 Å². The quantitative estimate of drug-likeness (QED) is 0.778. The van der Waals surface area contributed by atoms with Gasteiger partial charge in [-0.1, -0.05) is 13.8 Å². The smallest absolute Gasteiger partial charge is 0.304 e. The van der Waals surface area contributed by atoms with Crippen molar-refractivity contribution in [2.75, 3.05) is 20.2 Å². The summed E-state index contributed by atoms with van der Waals surface area (Å²) in [5, 5.41) is 8.86. The minimum atomic E-state index is -0.709. The van der Waals surface area contributed by atoms with Crippen LogP contribution in [0.5, 0.6) is 0 Å². The minimum Gasteiger partial charge on any atom is -0.481 e. The van der Waals surface area contributed by atoms with Gasteiger partial charge in [0, 0.05) is 19.7 Å². The molecule has 0 aromatic heterocycles. The van der Waals surface area contributed by atoms with Crippen LogP contribution in [-0.4, -0.2) is 48.3 Å². The minimum absolute atomic E-state index is 0.155. The molecule has 1 saturated heterocycles. The molecule has 1 fully saturated rings. The zero-order chi connectivity index (χ0) is 12.1. The molecular weight excluding hydrogens is 206 g/mol. The molecule has 4 heteroatoms. The average Bonchev–Trinajstić information content (AvgIpc) is 2.26. The number of carbonyl (C=O) groups is 1. The van der Waals surface area contributed by atoms with E-state index in [9.17, 15) is 4.79 Å². The number of hydrogen-bond donors (Lipinski definition) is 1. The Labute approximate surface area is 97.6 Å². The normalized spacial score (nSPS) is 28.9. The molecule has 4 nitrogen and oxygen atoms in total. The van der Waals surface area contributed by atoms with Gasteiger partial charge >= 0.3 is 5.97 Å². The summed E-state index contributed by atoms with van der Waals surface area (Å²) in [6.07, 6.45) is 2.46. The summed E-state index contributed by atoms with van der Waals surface area (Å²) < 4.78 is 5.44. The Morgan fingerprint density at radius 2 is 2.31 bits per heavy atom. The molecule has 0 amide bonds. The highest BCUT2D eigenvalue weighted by Gasteiger charge is 2.30. The van der Waals surface area contributed by atoms with Gasteiger partial charge < -0.3 is 9.84 Å². The number of rotatable bonds is 5. The lowest BCUT2D eigenvalue weighted by Crippen LogP contribution is -2.48. The van der Waals surface area contributed by atoms with Crippen LogP contribution in [0.2, 0.25) is 0 Å². The first-order valence-corrected chi connectivity index (χ1v) is 6.07. The van der Waals surface area contributed by atoms with E-state index in [0.717, 1.165) is 25.9 Å². The van der Waals surface area contributed by atoms with Crippen LogP contribution in [0.4, 0.5) is 0 Å². The van der Waals surface area contributed by atoms with Crippen LogP contribution in [0, 0.1) is 5.92 Å². The van der Waals surface area contributed by atoms with Crippen LogP contribution in [0.15, 0.2) is 0 Å². The van der Waals surface area contributed by atoms with Gasteiger partial charge in [-0.15, -0.1) is 0 Å². The maximum absolute atomic E-state index is 10.8. The summed E-state index contributed by atoms with van der Waals surface area (Å²) in [6, 6.07) is 0.155. The first kappa shape index (κ1) is 13.5. The van der Waals surface area contributed by atoms with Gasteiger partial charge in [-0.05, 0) is 25.3 Å². The second kappa shape index (κ2) is 6.21. The van der Waals surface area contributed by atoms with Gasteiger partial charge in [0.1, 0.15) is 0 Å². The molecule has 0 radical (unpaired) electrons. The number of nitrogens with zero attached hydrogens (tertiary/aromatic N) is 1. The molecule has 1 rings (SSSR count). The van der Waals surface area contributed by atoms with E-state index >= 15 is 0 Å². The first-order chi connectivity index (χ1) is 7.58. The lowest BCUT2D eigenvalue weighted by Gasteiger charge is -2.40. The average molecular weight is 229 g/mol. The third-order valence-electron chi connectivity index (χ3n) is 3.62. The molecule has 3 unspecified atom stereocenters. The molecule has 0 spiro atoms. The summed E-state index contributed by atoms with van der Waals surface area (Å²) in [7, 11) is 1.74. The molecule has 3 atom stereocenters. The molecule has 16 heavy (non-hydrogen) atoms. The fourth-order valence-corrected chi connectivity index (χ4v) is 2.43. The van der Waals surface area contributed by atoms with Gasteiger partial charge in [-0.3, -0.25) is 9.69 Å². The van der Waals surface area contributed by atoms with E-state index < -0.39 is 5.97 Å². The predicted molar refractivity (Wildman–Crippen MR) is 62.5 cm³/mol. The fourth-order valence-electron chi connectivity index (χ4n) is 2.43. The van der Waals surface area contributed by atoms with Crippen molar-refractivity contribution < 1.29 is 14.6 Å². The van der Waals surface area contributed by atoms with Gasteiger partial charge in [-0.2, -0.15) is 0 Å². The third-order valence-corrected chi connectivity index (χ3v) is 3.62. The summed E-state index contributed by atoms with van der Waals surface area (Å²) in [5.41, 5.74) is 0. The number of aliphatic carboxylic acids is 1. The van der Waals surface area contributed by atoms with E-state index in [1.807, 2.05) is 6.92 Å². The van der Waals surface area contributed by atoms with Crippen LogP contribution in [0.25, 0.3) is 0 Å². The van der Waals surface area contributed by atoms with E-state index in [-0.39, 0.29) is 18.6 Å². The Morgan fingerprint density at radius 1 is 1.62 bits per heavy atom. The van der Waals surface area contributed by atoms with Crippen molar-refractivity contribution in [2.24, 2.45) is 5.92 Å². The van der Waals surface area contributed by atoms with Crippen molar-refractivity contribution in [3.05, 3.63) is 0 Å². The Hall–Kier alpha value is -0.610. The number of carboxylic acids is 1. The lowest BCUT2D eigenvalue weighted by atomic mass is 9.93. The van der Waals surface area contributed by atoms with Crippen molar-refractivity contribution in [1.29, 1.82) is 0 Å². The molecule has 0 aliphatic carbocycles. The highest BCUT2D eigenvalue weighted by Crippen LogP contribution is 2.23. The first-order valence-electron chi connectivity index (χ1n) is 6.07. The molecule has 94 valence electrons. The van der Waals surface area contributed by atoms with Crippen LogP contribution in [-0.2, 0) is 9.53 Å². The molecule has 0 bridgehead atoms. The largest absolute Gasteiger partial charge is 0.481 e. The summed E-state index contributed by atoms with van der Waals surface area (Å²) in [6.45, 7) is 6.10. The maximum Gasteiger partial charge on any atom is 0.304 e. The van der Waals surface area contributed by atoms with E-state index in [1.165, 1.54) is 0 Å². The zero-order valence-corrected chi connectivity index (χ0v) is 10.5. The van der Waals surface area contributed by atoms with Crippen molar-refractivity contribution in [2.45, 2.75) is 45.3 Å². The summed E-state index contributed by atoms with van der Waals surface area (Å²) >= 11 is 0. The topological polar surface area (TPSA) is 49.8 Å². The molecule has 1 N–H and O–H groups in total. The van der Waals surface area contributed by atoms with Crippen molar-refractivity contribution in [3.8, 4) is 0 Å². The Morgan fingerprint density at radius 3 is 2.81 bits per heavy atom. The maximum atomic E-state index is 10.8. The zero-order valence-electron chi connectivity index (χ0n) is 10.5. The number of likely N-dealkylation sites (tertiary alicyclic amines) is 1. The highest BCUT2D eigenvalue weighted by molar-refractivity contribution is 5.67. The molecule has 1 aliphatic rings. The molecular formula is C12H23NO3. The Kier molecular flexibility index (Phi) is 5.22. The second-order valence-corrected chi connectivity index (χ2v) is 4.69. The molecule has 0 saturated carbocycles.